The van der Waals surface area contributed by atoms with Gasteiger partial charge < -0.3 is 4.74 Å². The molecule has 2 bridgehead atoms. The van der Waals surface area contributed by atoms with Crippen LogP contribution in [-0.2, 0) is 4.74 Å². The molecule has 0 aromatic heterocycles. The average molecular weight is 270 g/mol. The summed E-state index contributed by atoms with van der Waals surface area (Å²) in [5.41, 5.74) is 3.18. The zero-order valence-electron chi connectivity index (χ0n) is 12.4. The summed E-state index contributed by atoms with van der Waals surface area (Å²) in [4.78, 5) is 11.0. The van der Waals surface area contributed by atoms with Gasteiger partial charge in [-0.2, -0.15) is 0 Å². The number of rotatable bonds is 2. The van der Waals surface area contributed by atoms with E-state index in [9.17, 15) is 4.79 Å². The minimum atomic E-state index is -0.102. The standard InChI is InChI=1S/C18H22O2/c1-12-7-8-15-10-16(12)17(20-18(15,2)3)14-6-4-5-13(9-14)11-19/h4-7,9,11,15-17H,8,10H2,1-3H3/t15-,16-,17+/m1/s1. The van der Waals surface area contributed by atoms with Crippen molar-refractivity contribution in [2.45, 2.75) is 45.3 Å². The van der Waals surface area contributed by atoms with Crippen molar-refractivity contribution in [1.29, 1.82) is 0 Å². The van der Waals surface area contributed by atoms with E-state index in [1.807, 2.05) is 18.2 Å². The van der Waals surface area contributed by atoms with Crippen LogP contribution in [0.1, 0.15) is 55.6 Å². The van der Waals surface area contributed by atoms with Crippen molar-refractivity contribution in [3.63, 3.8) is 0 Å². The molecule has 1 aliphatic heterocycles. The third-order valence-electron chi connectivity index (χ3n) is 5.00. The van der Waals surface area contributed by atoms with Crippen molar-refractivity contribution >= 4 is 6.29 Å². The Morgan fingerprint density at radius 2 is 2.15 bits per heavy atom. The number of allylic oxidation sites excluding steroid dienone is 1. The van der Waals surface area contributed by atoms with Gasteiger partial charge in [-0.25, -0.2) is 0 Å². The maximum Gasteiger partial charge on any atom is 0.150 e. The van der Waals surface area contributed by atoms with Gasteiger partial charge in [-0.05, 0) is 51.2 Å². The molecule has 2 heteroatoms. The van der Waals surface area contributed by atoms with Crippen molar-refractivity contribution < 1.29 is 9.53 Å². The minimum absolute atomic E-state index is 0.0673. The van der Waals surface area contributed by atoms with E-state index in [4.69, 9.17) is 4.74 Å². The lowest BCUT2D eigenvalue weighted by Crippen LogP contribution is -2.45. The molecule has 0 amide bonds. The predicted octanol–water partition coefficient (Wildman–Crippen LogP) is 4.32. The first-order chi connectivity index (χ1) is 9.51. The second-order valence-electron chi connectivity index (χ2n) is 6.65. The lowest BCUT2D eigenvalue weighted by molar-refractivity contribution is -0.166. The van der Waals surface area contributed by atoms with E-state index in [-0.39, 0.29) is 11.7 Å². The lowest BCUT2D eigenvalue weighted by atomic mass is 9.69. The molecule has 0 radical (unpaired) electrons. The van der Waals surface area contributed by atoms with Crippen LogP contribution in [0.3, 0.4) is 0 Å². The van der Waals surface area contributed by atoms with Gasteiger partial charge in [-0.1, -0.05) is 29.8 Å². The van der Waals surface area contributed by atoms with E-state index in [2.05, 4.69) is 32.9 Å². The maximum atomic E-state index is 11.0. The molecule has 3 rings (SSSR count). The van der Waals surface area contributed by atoms with Crippen LogP contribution in [-0.4, -0.2) is 11.9 Å². The molecule has 1 aromatic rings. The molecule has 0 saturated carbocycles. The molecule has 2 aliphatic rings. The van der Waals surface area contributed by atoms with Gasteiger partial charge in [0, 0.05) is 11.5 Å². The summed E-state index contributed by atoms with van der Waals surface area (Å²) in [6.45, 7) is 6.59. The largest absolute Gasteiger partial charge is 0.367 e. The molecule has 1 heterocycles. The molecule has 1 saturated heterocycles. The van der Waals surface area contributed by atoms with Crippen molar-refractivity contribution in [3.05, 3.63) is 47.0 Å². The summed E-state index contributed by atoms with van der Waals surface area (Å²) in [6.07, 6.45) is 5.66. The zero-order chi connectivity index (χ0) is 14.3. The Hall–Kier alpha value is -1.41. The molecule has 0 spiro atoms. The van der Waals surface area contributed by atoms with Crippen LogP contribution < -0.4 is 0 Å². The predicted molar refractivity (Wildman–Crippen MR) is 79.7 cm³/mol. The third kappa shape index (κ3) is 2.22. The number of aldehydes is 1. The normalized spacial score (nSPS) is 31.6. The molecule has 1 fully saturated rings. The number of ether oxygens (including phenoxy) is 1. The molecule has 0 N–H and O–H groups in total. The van der Waals surface area contributed by atoms with E-state index in [0.29, 0.717) is 11.8 Å². The average Bonchev–Trinajstić information content (AvgIpc) is 2.45. The van der Waals surface area contributed by atoms with Crippen molar-refractivity contribution in [2.24, 2.45) is 11.8 Å². The molecule has 1 aliphatic carbocycles. The highest BCUT2D eigenvalue weighted by Gasteiger charge is 2.45. The number of carbonyl (C=O) groups is 1. The maximum absolute atomic E-state index is 11.0. The van der Waals surface area contributed by atoms with Crippen molar-refractivity contribution in [3.8, 4) is 0 Å². The Bertz CT molecular complexity index is 556. The summed E-state index contributed by atoms with van der Waals surface area (Å²) in [5, 5.41) is 0. The minimum Gasteiger partial charge on any atom is -0.367 e. The van der Waals surface area contributed by atoms with Gasteiger partial charge in [0.25, 0.3) is 0 Å². The Kier molecular flexibility index (Phi) is 3.29. The first-order valence-corrected chi connectivity index (χ1v) is 7.41. The number of hydrogen-bond donors (Lipinski definition) is 0. The molecule has 20 heavy (non-hydrogen) atoms. The Morgan fingerprint density at radius 3 is 2.90 bits per heavy atom. The molecular weight excluding hydrogens is 248 g/mol. The lowest BCUT2D eigenvalue weighted by Gasteiger charge is -2.49. The molecule has 3 atom stereocenters. The van der Waals surface area contributed by atoms with Crippen LogP contribution in [0.5, 0.6) is 0 Å². The first-order valence-electron chi connectivity index (χ1n) is 7.41. The van der Waals surface area contributed by atoms with Crippen LogP contribution in [0.4, 0.5) is 0 Å². The van der Waals surface area contributed by atoms with E-state index in [1.54, 1.807) is 0 Å². The Balaban J connectivity index is 2.00. The summed E-state index contributed by atoms with van der Waals surface area (Å²) < 4.78 is 6.44. The summed E-state index contributed by atoms with van der Waals surface area (Å²) >= 11 is 0. The van der Waals surface area contributed by atoms with Crippen LogP contribution >= 0.6 is 0 Å². The smallest absolute Gasteiger partial charge is 0.150 e. The number of fused-ring (bicyclic) bond motifs is 2. The number of carbonyl (C=O) groups excluding carboxylic acids is 1. The van der Waals surface area contributed by atoms with E-state index in [1.165, 1.54) is 12.0 Å². The zero-order valence-corrected chi connectivity index (χ0v) is 12.4. The van der Waals surface area contributed by atoms with Crippen LogP contribution in [0.15, 0.2) is 35.9 Å². The highest BCUT2D eigenvalue weighted by molar-refractivity contribution is 5.75. The van der Waals surface area contributed by atoms with E-state index >= 15 is 0 Å². The SMILES string of the molecule is CC1=CC[C@@H]2C[C@H]1[C@H](c1cccc(C=O)c1)OC2(C)C. The Labute approximate surface area is 120 Å². The van der Waals surface area contributed by atoms with Crippen molar-refractivity contribution in [2.75, 3.05) is 0 Å². The summed E-state index contributed by atoms with van der Waals surface area (Å²) in [5.74, 6) is 1.05. The number of benzene rings is 1. The van der Waals surface area contributed by atoms with Gasteiger partial charge in [0.1, 0.15) is 6.29 Å². The summed E-state index contributed by atoms with van der Waals surface area (Å²) in [6, 6.07) is 7.84. The van der Waals surface area contributed by atoms with Gasteiger partial charge in [0.15, 0.2) is 0 Å². The molecule has 1 aromatic carbocycles. The molecular formula is C18H22O2. The van der Waals surface area contributed by atoms with Gasteiger partial charge in [0.05, 0.1) is 11.7 Å². The monoisotopic (exact) mass is 270 g/mol. The van der Waals surface area contributed by atoms with E-state index < -0.39 is 0 Å². The number of hydrogen-bond acceptors (Lipinski definition) is 2. The van der Waals surface area contributed by atoms with Crippen LogP contribution in [0.2, 0.25) is 0 Å². The second-order valence-corrected chi connectivity index (χ2v) is 6.65. The van der Waals surface area contributed by atoms with Gasteiger partial charge >= 0.3 is 0 Å². The fraction of sp³-hybridized carbons (Fsp3) is 0.500. The molecule has 0 unspecified atom stereocenters. The van der Waals surface area contributed by atoms with Gasteiger partial charge in [-0.15, -0.1) is 0 Å². The fourth-order valence-electron chi connectivity index (χ4n) is 3.61. The van der Waals surface area contributed by atoms with Crippen LogP contribution in [0, 0.1) is 11.8 Å². The second kappa shape index (κ2) is 4.85. The molecule has 106 valence electrons. The molecule has 2 nitrogen and oxygen atoms in total. The van der Waals surface area contributed by atoms with E-state index in [0.717, 1.165) is 23.8 Å². The third-order valence-corrected chi connectivity index (χ3v) is 5.00. The Morgan fingerprint density at radius 1 is 1.35 bits per heavy atom. The quantitative estimate of drug-likeness (QED) is 0.591. The van der Waals surface area contributed by atoms with Crippen LogP contribution in [0.25, 0.3) is 0 Å². The van der Waals surface area contributed by atoms with Gasteiger partial charge in [0.2, 0.25) is 0 Å². The van der Waals surface area contributed by atoms with Gasteiger partial charge in [-0.3, -0.25) is 4.79 Å². The highest BCUT2D eigenvalue weighted by Crippen LogP contribution is 2.50. The summed E-state index contributed by atoms with van der Waals surface area (Å²) in [7, 11) is 0. The first kappa shape index (κ1) is 13.6. The fourth-order valence-corrected chi connectivity index (χ4v) is 3.61. The van der Waals surface area contributed by atoms with Crippen molar-refractivity contribution in [1.82, 2.24) is 0 Å². The highest BCUT2D eigenvalue weighted by atomic mass is 16.5. The topological polar surface area (TPSA) is 26.3 Å².